The van der Waals surface area contributed by atoms with Crippen molar-refractivity contribution in [3.05, 3.63) is 46.4 Å². The number of hydrogen-bond acceptors (Lipinski definition) is 2. The summed E-state index contributed by atoms with van der Waals surface area (Å²) in [5.41, 5.74) is 1.37. The van der Waals surface area contributed by atoms with Crippen LogP contribution in [0.5, 0.6) is 0 Å². The first-order chi connectivity index (χ1) is 11.8. The molecule has 2 N–H and O–H groups in total. The van der Waals surface area contributed by atoms with Crippen LogP contribution in [0, 0.1) is 5.92 Å². The third-order valence-corrected chi connectivity index (χ3v) is 5.81. The molecule has 0 spiro atoms. The van der Waals surface area contributed by atoms with Crippen LogP contribution in [0.15, 0.2) is 35.3 Å². The van der Waals surface area contributed by atoms with Crippen LogP contribution in [-0.2, 0) is 6.42 Å². The van der Waals surface area contributed by atoms with E-state index >= 15 is 0 Å². The fourth-order valence-electron chi connectivity index (χ4n) is 4.19. The standard InChI is InChI=1S/C21H28N2O/c24-21-20-11-6-16(14-17(20)12-13-22-21)3-1-2-15-4-7-18(8-5-15)23-19-9-10-19/h6,11-15,18-19,23H,1-5,7-10H2,(H,22,24). The van der Waals surface area contributed by atoms with Gasteiger partial charge in [0.2, 0.25) is 0 Å². The van der Waals surface area contributed by atoms with Gasteiger partial charge in [0.1, 0.15) is 0 Å². The van der Waals surface area contributed by atoms with E-state index in [9.17, 15) is 4.79 Å². The molecule has 2 fully saturated rings. The Hall–Kier alpha value is -1.61. The van der Waals surface area contributed by atoms with Gasteiger partial charge in [0, 0.05) is 23.7 Å². The van der Waals surface area contributed by atoms with Gasteiger partial charge >= 0.3 is 0 Å². The van der Waals surface area contributed by atoms with E-state index in [4.69, 9.17) is 0 Å². The smallest absolute Gasteiger partial charge is 0.255 e. The zero-order valence-electron chi connectivity index (χ0n) is 14.4. The van der Waals surface area contributed by atoms with Gasteiger partial charge in [0.15, 0.2) is 0 Å². The molecule has 1 aromatic carbocycles. The number of H-pyrrole nitrogens is 1. The molecule has 4 rings (SSSR count). The maximum Gasteiger partial charge on any atom is 0.255 e. The molecule has 2 aliphatic carbocycles. The van der Waals surface area contributed by atoms with Crippen LogP contribution < -0.4 is 10.9 Å². The summed E-state index contributed by atoms with van der Waals surface area (Å²) in [6.07, 6.45) is 13.8. The average molecular weight is 324 g/mol. The van der Waals surface area contributed by atoms with Crippen molar-refractivity contribution in [1.29, 1.82) is 0 Å². The molecule has 2 aliphatic rings. The Morgan fingerprint density at radius 1 is 1.00 bits per heavy atom. The molecule has 0 unspecified atom stereocenters. The largest absolute Gasteiger partial charge is 0.329 e. The van der Waals surface area contributed by atoms with Crippen molar-refractivity contribution in [3.63, 3.8) is 0 Å². The summed E-state index contributed by atoms with van der Waals surface area (Å²) >= 11 is 0. The van der Waals surface area contributed by atoms with Crippen molar-refractivity contribution in [2.45, 2.75) is 69.9 Å². The number of pyridine rings is 1. The molecule has 2 saturated carbocycles. The molecule has 0 radical (unpaired) electrons. The lowest BCUT2D eigenvalue weighted by Crippen LogP contribution is -2.34. The first kappa shape index (κ1) is 15.9. The van der Waals surface area contributed by atoms with E-state index in [1.165, 1.54) is 56.9 Å². The minimum atomic E-state index is 0.00983. The Morgan fingerprint density at radius 3 is 2.50 bits per heavy atom. The van der Waals surface area contributed by atoms with Gasteiger partial charge in [-0.15, -0.1) is 0 Å². The zero-order chi connectivity index (χ0) is 16.4. The lowest BCUT2D eigenvalue weighted by atomic mass is 9.83. The van der Waals surface area contributed by atoms with E-state index in [0.717, 1.165) is 35.2 Å². The molecular formula is C21H28N2O. The normalized spacial score (nSPS) is 24.3. The van der Waals surface area contributed by atoms with Crippen LogP contribution in [0.1, 0.15) is 56.9 Å². The van der Waals surface area contributed by atoms with Crippen molar-refractivity contribution in [2.24, 2.45) is 5.92 Å². The quantitative estimate of drug-likeness (QED) is 0.838. The van der Waals surface area contributed by atoms with Gasteiger partial charge < -0.3 is 10.3 Å². The van der Waals surface area contributed by atoms with Gasteiger partial charge in [-0.05, 0) is 80.4 Å². The molecule has 1 heterocycles. The first-order valence-electron chi connectivity index (χ1n) is 9.64. The van der Waals surface area contributed by atoms with E-state index in [2.05, 4.69) is 22.4 Å². The molecule has 0 bridgehead atoms. The SMILES string of the molecule is O=c1[nH]ccc2cc(CCCC3CCC(NC4CC4)CC3)ccc12. The number of nitrogens with one attached hydrogen (secondary N) is 2. The van der Waals surface area contributed by atoms with Crippen LogP contribution in [0.3, 0.4) is 0 Å². The van der Waals surface area contributed by atoms with E-state index < -0.39 is 0 Å². The predicted molar refractivity (Wildman–Crippen MR) is 99.4 cm³/mol. The molecule has 0 saturated heterocycles. The lowest BCUT2D eigenvalue weighted by Gasteiger charge is -2.29. The summed E-state index contributed by atoms with van der Waals surface area (Å²) in [5, 5.41) is 5.64. The summed E-state index contributed by atoms with van der Waals surface area (Å²) in [6.45, 7) is 0. The number of aromatic nitrogens is 1. The Balaban J connectivity index is 1.24. The van der Waals surface area contributed by atoms with Crippen molar-refractivity contribution in [1.82, 2.24) is 10.3 Å². The van der Waals surface area contributed by atoms with Gasteiger partial charge in [-0.3, -0.25) is 4.79 Å². The summed E-state index contributed by atoms with van der Waals surface area (Å²) in [6, 6.07) is 9.92. The lowest BCUT2D eigenvalue weighted by molar-refractivity contribution is 0.275. The molecule has 3 nitrogen and oxygen atoms in total. The van der Waals surface area contributed by atoms with Crippen LogP contribution in [-0.4, -0.2) is 17.1 Å². The monoisotopic (exact) mass is 324 g/mol. The molecule has 24 heavy (non-hydrogen) atoms. The predicted octanol–water partition coefficient (Wildman–Crippen LogP) is 4.16. The van der Waals surface area contributed by atoms with Crippen LogP contribution in [0.25, 0.3) is 10.8 Å². The van der Waals surface area contributed by atoms with Crippen molar-refractivity contribution >= 4 is 10.8 Å². The number of rotatable bonds is 6. The molecule has 0 aliphatic heterocycles. The highest BCUT2D eigenvalue weighted by molar-refractivity contribution is 5.81. The van der Waals surface area contributed by atoms with Gasteiger partial charge in [-0.1, -0.05) is 18.6 Å². The molecule has 1 aromatic heterocycles. The first-order valence-corrected chi connectivity index (χ1v) is 9.64. The van der Waals surface area contributed by atoms with Gasteiger partial charge in [0.25, 0.3) is 5.56 Å². The van der Waals surface area contributed by atoms with E-state index in [0.29, 0.717) is 0 Å². The number of aromatic amines is 1. The van der Waals surface area contributed by atoms with E-state index in [1.54, 1.807) is 6.20 Å². The highest BCUT2D eigenvalue weighted by atomic mass is 16.1. The average Bonchev–Trinajstić information content (AvgIpc) is 3.41. The fourth-order valence-corrected chi connectivity index (χ4v) is 4.19. The number of aryl methyl sites for hydroxylation is 1. The summed E-state index contributed by atoms with van der Waals surface area (Å²) in [7, 11) is 0. The maximum absolute atomic E-state index is 11.7. The highest BCUT2D eigenvalue weighted by Gasteiger charge is 2.27. The number of fused-ring (bicyclic) bond motifs is 1. The molecule has 3 heteroatoms. The van der Waals surface area contributed by atoms with Gasteiger partial charge in [-0.25, -0.2) is 0 Å². The second-order valence-corrected chi connectivity index (χ2v) is 7.78. The third-order valence-electron chi connectivity index (χ3n) is 5.81. The van der Waals surface area contributed by atoms with Crippen molar-refractivity contribution < 1.29 is 0 Å². The summed E-state index contributed by atoms with van der Waals surface area (Å²) < 4.78 is 0. The molecule has 0 atom stereocenters. The molecule has 2 aromatic rings. The zero-order valence-corrected chi connectivity index (χ0v) is 14.4. The fraction of sp³-hybridized carbons (Fsp3) is 0.571. The van der Waals surface area contributed by atoms with Crippen LogP contribution >= 0.6 is 0 Å². The maximum atomic E-state index is 11.7. The minimum absolute atomic E-state index is 0.00983. The van der Waals surface area contributed by atoms with Crippen LogP contribution in [0.4, 0.5) is 0 Å². The minimum Gasteiger partial charge on any atom is -0.329 e. The Kier molecular flexibility index (Phi) is 4.70. The molecule has 128 valence electrons. The van der Waals surface area contributed by atoms with E-state index in [-0.39, 0.29) is 5.56 Å². The second kappa shape index (κ2) is 7.10. The summed E-state index contributed by atoms with van der Waals surface area (Å²) in [4.78, 5) is 14.5. The number of hydrogen-bond donors (Lipinski definition) is 2. The molecular weight excluding hydrogens is 296 g/mol. The Morgan fingerprint density at radius 2 is 1.75 bits per heavy atom. The molecule has 0 amide bonds. The van der Waals surface area contributed by atoms with Gasteiger partial charge in [0.05, 0.1) is 0 Å². The van der Waals surface area contributed by atoms with Crippen molar-refractivity contribution in [3.8, 4) is 0 Å². The third kappa shape index (κ3) is 3.89. The van der Waals surface area contributed by atoms with Gasteiger partial charge in [-0.2, -0.15) is 0 Å². The summed E-state index contributed by atoms with van der Waals surface area (Å²) in [5.74, 6) is 0.922. The van der Waals surface area contributed by atoms with E-state index in [1.807, 2.05) is 12.1 Å². The Labute approximate surface area is 143 Å². The van der Waals surface area contributed by atoms with Crippen molar-refractivity contribution in [2.75, 3.05) is 0 Å². The topological polar surface area (TPSA) is 44.9 Å². The van der Waals surface area contributed by atoms with Crippen LogP contribution in [0.2, 0.25) is 0 Å². The Bertz CT molecular complexity index is 739. The second-order valence-electron chi connectivity index (χ2n) is 7.78. The number of benzene rings is 1. The highest BCUT2D eigenvalue weighted by Crippen LogP contribution is 2.30.